The van der Waals surface area contributed by atoms with Crippen molar-refractivity contribution in [1.82, 2.24) is 0 Å². The number of hydrogen-bond donors (Lipinski definition) is 0. The Labute approximate surface area is 116 Å². The molecule has 2 rings (SSSR count). The van der Waals surface area contributed by atoms with Crippen LogP contribution < -0.4 is 0 Å². The van der Waals surface area contributed by atoms with E-state index in [2.05, 4.69) is 37.7 Å². The molecule has 1 saturated carbocycles. The average molecular weight is 269 g/mol. The van der Waals surface area contributed by atoms with Crippen LogP contribution in [0.4, 0.5) is 0 Å². The van der Waals surface area contributed by atoms with Crippen LogP contribution in [0.15, 0.2) is 9.98 Å². The van der Waals surface area contributed by atoms with Crippen molar-refractivity contribution in [3.8, 4) is 0 Å². The first-order chi connectivity index (χ1) is 8.34. The van der Waals surface area contributed by atoms with Gasteiger partial charge in [0.05, 0.1) is 11.4 Å². The Balaban J connectivity index is 2.27. The zero-order valence-corrected chi connectivity index (χ0v) is 13.0. The van der Waals surface area contributed by atoms with Gasteiger partial charge in [-0.15, -0.1) is 0 Å². The predicted octanol–water partition coefficient (Wildman–Crippen LogP) is 4.52. The second-order valence-corrected chi connectivity index (χ2v) is 7.07. The maximum atomic E-state index is 6.30. The predicted molar refractivity (Wildman–Crippen MR) is 79.6 cm³/mol. The molecule has 0 saturated heterocycles. The lowest BCUT2D eigenvalue weighted by molar-refractivity contribution is 0.276. The third kappa shape index (κ3) is 2.64. The fourth-order valence-electron chi connectivity index (χ4n) is 3.12. The van der Waals surface area contributed by atoms with Crippen molar-refractivity contribution in [2.75, 3.05) is 0 Å². The summed E-state index contributed by atoms with van der Waals surface area (Å²) in [5.41, 5.74) is 2.38. The first kappa shape index (κ1) is 14.0. The van der Waals surface area contributed by atoms with Crippen molar-refractivity contribution in [3.05, 3.63) is 0 Å². The lowest BCUT2D eigenvalue weighted by Crippen LogP contribution is -2.38. The minimum Gasteiger partial charge on any atom is -0.243 e. The lowest BCUT2D eigenvalue weighted by Gasteiger charge is -2.36. The maximum Gasteiger partial charge on any atom is 0.223 e. The van der Waals surface area contributed by atoms with E-state index in [-0.39, 0.29) is 0 Å². The van der Waals surface area contributed by atoms with Crippen molar-refractivity contribution in [2.24, 2.45) is 33.7 Å². The highest BCUT2D eigenvalue weighted by Crippen LogP contribution is 2.40. The molecule has 2 aliphatic rings. The summed E-state index contributed by atoms with van der Waals surface area (Å²) in [4.78, 5) is 9.26. The molecule has 3 heteroatoms. The standard InChI is InChI=1S/C15H25ClN2/c1-6-9(2)7-12-11(4)10(3)8-13-14(12)18-15(5,16)17-13/h9-12H,6-8H2,1-5H3. The molecular weight excluding hydrogens is 244 g/mol. The van der Waals surface area contributed by atoms with Gasteiger partial charge in [-0.3, -0.25) is 0 Å². The molecule has 0 bridgehead atoms. The molecule has 0 N–H and O–H groups in total. The van der Waals surface area contributed by atoms with Crippen LogP contribution in [0.3, 0.4) is 0 Å². The van der Waals surface area contributed by atoms with Gasteiger partial charge in [0, 0.05) is 5.92 Å². The summed E-state index contributed by atoms with van der Waals surface area (Å²) < 4.78 is 0. The SMILES string of the molecule is CCC(C)CC1C2=NC(C)(Cl)N=C2CC(C)C1C. The number of rotatable bonds is 3. The number of halogens is 1. The molecule has 0 spiro atoms. The fraction of sp³-hybridized carbons (Fsp3) is 0.867. The van der Waals surface area contributed by atoms with Crippen LogP contribution in [0.5, 0.6) is 0 Å². The Hall–Kier alpha value is -0.370. The minimum absolute atomic E-state index is 0.544. The number of nitrogens with zero attached hydrogens (tertiary/aromatic N) is 2. The van der Waals surface area contributed by atoms with Crippen LogP contribution in [0.1, 0.15) is 53.9 Å². The number of aliphatic imine (C=N–C) groups is 2. The highest BCUT2D eigenvalue weighted by Gasteiger charge is 2.41. The van der Waals surface area contributed by atoms with E-state index in [4.69, 9.17) is 11.6 Å². The molecular formula is C15H25ClN2. The molecule has 5 unspecified atom stereocenters. The van der Waals surface area contributed by atoms with Gasteiger partial charge >= 0.3 is 0 Å². The van der Waals surface area contributed by atoms with Crippen LogP contribution in [0.25, 0.3) is 0 Å². The van der Waals surface area contributed by atoms with Crippen LogP contribution in [0.2, 0.25) is 0 Å². The molecule has 102 valence electrons. The number of alkyl halides is 1. The van der Waals surface area contributed by atoms with Gasteiger partial charge in [0.25, 0.3) is 0 Å². The second kappa shape index (κ2) is 4.96. The molecule has 0 aromatic carbocycles. The van der Waals surface area contributed by atoms with Crippen LogP contribution in [-0.4, -0.2) is 16.5 Å². The van der Waals surface area contributed by atoms with Gasteiger partial charge in [0.2, 0.25) is 5.12 Å². The van der Waals surface area contributed by atoms with Crippen molar-refractivity contribution in [3.63, 3.8) is 0 Å². The van der Waals surface area contributed by atoms with Gasteiger partial charge in [0.1, 0.15) is 0 Å². The maximum absolute atomic E-state index is 6.30. The molecule has 1 fully saturated rings. The van der Waals surface area contributed by atoms with E-state index in [1.165, 1.54) is 24.3 Å². The Morgan fingerprint density at radius 1 is 1.39 bits per heavy atom. The van der Waals surface area contributed by atoms with Gasteiger partial charge in [-0.2, -0.15) is 0 Å². The Morgan fingerprint density at radius 3 is 2.67 bits per heavy atom. The summed E-state index contributed by atoms with van der Waals surface area (Å²) in [6.45, 7) is 11.2. The lowest BCUT2D eigenvalue weighted by atomic mass is 9.69. The van der Waals surface area contributed by atoms with E-state index >= 15 is 0 Å². The third-order valence-corrected chi connectivity index (χ3v) is 4.88. The van der Waals surface area contributed by atoms with Crippen molar-refractivity contribution in [2.45, 2.75) is 59.0 Å². The third-order valence-electron chi connectivity index (χ3n) is 4.71. The van der Waals surface area contributed by atoms with Crippen LogP contribution in [0, 0.1) is 23.7 Å². The second-order valence-electron chi connectivity index (χ2n) is 6.36. The minimum atomic E-state index is -0.734. The van der Waals surface area contributed by atoms with Crippen molar-refractivity contribution < 1.29 is 0 Å². The van der Waals surface area contributed by atoms with E-state index in [0.717, 1.165) is 12.3 Å². The van der Waals surface area contributed by atoms with Crippen molar-refractivity contribution in [1.29, 1.82) is 0 Å². The largest absolute Gasteiger partial charge is 0.243 e. The van der Waals surface area contributed by atoms with E-state index in [0.29, 0.717) is 17.8 Å². The molecule has 0 radical (unpaired) electrons. The van der Waals surface area contributed by atoms with Crippen molar-refractivity contribution >= 4 is 23.0 Å². The molecule has 0 amide bonds. The summed E-state index contributed by atoms with van der Waals surface area (Å²) in [6.07, 6.45) is 3.49. The van der Waals surface area contributed by atoms with Gasteiger partial charge in [-0.05, 0) is 37.5 Å². The number of fused-ring (bicyclic) bond motifs is 1. The van der Waals surface area contributed by atoms with E-state index in [1.54, 1.807) is 0 Å². The summed E-state index contributed by atoms with van der Waals surface area (Å²) in [7, 11) is 0. The molecule has 1 aliphatic carbocycles. The van der Waals surface area contributed by atoms with E-state index < -0.39 is 5.12 Å². The van der Waals surface area contributed by atoms with Gasteiger partial charge in [-0.25, -0.2) is 9.98 Å². The topological polar surface area (TPSA) is 24.7 Å². The highest BCUT2D eigenvalue weighted by molar-refractivity contribution is 6.47. The first-order valence-corrected chi connectivity index (χ1v) is 7.59. The summed E-state index contributed by atoms with van der Waals surface area (Å²) in [5, 5.41) is -0.734. The van der Waals surface area contributed by atoms with Gasteiger partial charge < -0.3 is 0 Å². The molecule has 0 aromatic rings. The molecule has 5 atom stereocenters. The Kier molecular flexibility index (Phi) is 3.87. The zero-order valence-electron chi connectivity index (χ0n) is 12.2. The average Bonchev–Trinajstić information content (AvgIpc) is 2.59. The first-order valence-electron chi connectivity index (χ1n) is 7.21. The monoisotopic (exact) mass is 268 g/mol. The zero-order chi connectivity index (χ0) is 13.5. The molecule has 18 heavy (non-hydrogen) atoms. The smallest absolute Gasteiger partial charge is 0.223 e. The normalized spacial score (nSPS) is 41.1. The molecule has 1 aliphatic heterocycles. The van der Waals surface area contributed by atoms with E-state index in [9.17, 15) is 0 Å². The van der Waals surface area contributed by atoms with Crippen LogP contribution >= 0.6 is 11.6 Å². The summed E-state index contributed by atoms with van der Waals surface area (Å²) in [5.74, 6) is 2.65. The Morgan fingerprint density at radius 2 is 2.06 bits per heavy atom. The quantitative estimate of drug-likeness (QED) is 0.531. The van der Waals surface area contributed by atoms with E-state index in [1.807, 2.05) is 6.92 Å². The molecule has 1 heterocycles. The van der Waals surface area contributed by atoms with Gasteiger partial charge in [0.15, 0.2) is 0 Å². The highest BCUT2D eigenvalue weighted by atomic mass is 35.5. The van der Waals surface area contributed by atoms with Gasteiger partial charge in [-0.1, -0.05) is 45.7 Å². The fourth-order valence-corrected chi connectivity index (χ4v) is 3.32. The number of hydrogen-bond acceptors (Lipinski definition) is 2. The summed E-state index contributed by atoms with van der Waals surface area (Å²) in [6, 6.07) is 0. The Bertz CT molecular complexity index is 384. The molecule has 0 aromatic heterocycles. The molecule has 2 nitrogen and oxygen atoms in total. The summed E-state index contributed by atoms with van der Waals surface area (Å²) >= 11 is 6.30. The van der Waals surface area contributed by atoms with Crippen LogP contribution in [-0.2, 0) is 0 Å².